The molecule has 1 aliphatic rings. The van der Waals surface area contributed by atoms with Gasteiger partial charge in [0.15, 0.2) is 12.4 Å². The van der Waals surface area contributed by atoms with E-state index in [4.69, 9.17) is 9.84 Å². The van der Waals surface area contributed by atoms with Crippen molar-refractivity contribution in [3.8, 4) is 5.75 Å². The third-order valence-corrected chi connectivity index (χ3v) is 4.21. The first-order chi connectivity index (χ1) is 13.0. The predicted molar refractivity (Wildman–Crippen MR) is 101 cm³/mol. The van der Waals surface area contributed by atoms with Crippen LogP contribution in [0.1, 0.15) is 28.8 Å². The normalized spacial score (nSPS) is 13.9. The minimum absolute atomic E-state index is 0.116. The van der Waals surface area contributed by atoms with Crippen LogP contribution in [0.3, 0.4) is 0 Å². The van der Waals surface area contributed by atoms with E-state index in [1.165, 1.54) is 6.08 Å². The molecular formula is C21H19NO5. The minimum atomic E-state index is -1.04. The molecule has 0 spiro atoms. The molecule has 0 aliphatic carbocycles. The maximum Gasteiger partial charge on any atom is 0.341 e. The number of carboxylic acids is 1. The molecule has 2 aromatic carbocycles. The van der Waals surface area contributed by atoms with Crippen molar-refractivity contribution in [2.75, 3.05) is 18.1 Å². The molecule has 1 aliphatic heterocycles. The number of carboxylic acid groups (broad SMARTS) is 1. The molecule has 1 amide bonds. The van der Waals surface area contributed by atoms with Crippen LogP contribution in [0.2, 0.25) is 0 Å². The van der Waals surface area contributed by atoms with E-state index < -0.39 is 12.6 Å². The van der Waals surface area contributed by atoms with Crippen molar-refractivity contribution in [2.45, 2.75) is 12.8 Å². The van der Waals surface area contributed by atoms with Gasteiger partial charge in [-0.15, -0.1) is 0 Å². The predicted octanol–water partition coefficient (Wildman–Crippen LogP) is 3.17. The van der Waals surface area contributed by atoms with Crippen molar-refractivity contribution >= 4 is 29.4 Å². The van der Waals surface area contributed by atoms with Crippen LogP contribution in [0, 0.1) is 0 Å². The van der Waals surface area contributed by atoms with Gasteiger partial charge in [-0.3, -0.25) is 9.59 Å². The average Bonchev–Trinajstić information content (AvgIpc) is 3.11. The Morgan fingerprint density at radius 2 is 1.78 bits per heavy atom. The molecule has 6 heteroatoms. The van der Waals surface area contributed by atoms with E-state index in [0.29, 0.717) is 17.7 Å². The number of nitrogens with zero attached hydrogens (tertiary/aromatic N) is 1. The highest BCUT2D eigenvalue weighted by atomic mass is 16.5. The lowest BCUT2D eigenvalue weighted by Crippen LogP contribution is -2.23. The Morgan fingerprint density at radius 1 is 1.07 bits per heavy atom. The van der Waals surface area contributed by atoms with Crippen LogP contribution in [-0.2, 0) is 9.59 Å². The van der Waals surface area contributed by atoms with Gasteiger partial charge in [0, 0.05) is 24.2 Å². The second-order valence-electron chi connectivity index (χ2n) is 6.14. The Balaban J connectivity index is 1.61. The van der Waals surface area contributed by atoms with E-state index >= 15 is 0 Å². The first-order valence-electron chi connectivity index (χ1n) is 8.60. The highest BCUT2D eigenvalue weighted by Gasteiger charge is 2.21. The molecule has 0 unspecified atom stereocenters. The molecule has 0 saturated carbocycles. The van der Waals surface area contributed by atoms with Gasteiger partial charge >= 0.3 is 5.97 Å². The monoisotopic (exact) mass is 365 g/mol. The van der Waals surface area contributed by atoms with Crippen LogP contribution in [0.15, 0.2) is 54.6 Å². The molecule has 1 N–H and O–H groups in total. The van der Waals surface area contributed by atoms with Gasteiger partial charge in [0.2, 0.25) is 5.91 Å². The van der Waals surface area contributed by atoms with E-state index in [-0.39, 0.29) is 11.7 Å². The maximum atomic E-state index is 12.3. The summed E-state index contributed by atoms with van der Waals surface area (Å²) in [6.45, 7) is 0.324. The summed E-state index contributed by atoms with van der Waals surface area (Å²) in [6.07, 6.45) is 4.59. The summed E-state index contributed by atoms with van der Waals surface area (Å²) >= 11 is 0. The molecular weight excluding hydrogens is 346 g/mol. The van der Waals surface area contributed by atoms with Gasteiger partial charge in [0.1, 0.15) is 5.75 Å². The zero-order valence-corrected chi connectivity index (χ0v) is 14.6. The largest absolute Gasteiger partial charge is 0.482 e. The summed E-state index contributed by atoms with van der Waals surface area (Å²) in [5.41, 5.74) is 2.16. The topological polar surface area (TPSA) is 83.9 Å². The molecule has 1 saturated heterocycles. The van der Waals surface area contributed by atoms with Gasteiger partial charge in [0.25, 0.3) is 0 Å². The Morgan fingerprint density at radius 3 is 2.37 bits per heavy atom. The summed E-state index contributed by atoms with van der Waals surface area (Å²) < 4.78 is 5.06. The zero-order valence-electron chi connectivity index (χ0n) is 14.6. The van der Waals surface area contributed by atoms with E-state index in [0.717, 1.165) is 24.2 Å². The Bertz CT molecular complexity index is 868. The number of aliphatic carboxylic acids is 1. The molecule has 1 heterocycles. The maximum absolute atomic E-state index is 12.3. The highest BCUT2D eigenvalue weighted by Crippen LogP contribution is 2.22. The smallest absolute Gasteiger partial charge is 0.341 e. The number of ketones is 1. The molecule has 1 fully saturated rings. The molecule has 0 atom stereocenters. The zero-order chi connectivity index (χ0) is 19.2. The van der Waals surface area contributed by atoms with Crippen molar-refractivity contribution in [1.82, 2.24) is 0 Å². The minimum Gasteiger partial charge on any atom is -0.482 e. The van der Waals surface area contributed by atoms with Gasteiger partial charge in [-0.25, -0.2) is 4.79 Å². The number of allylic oxidation sites excluding steroid dienone is 1. The summed E-state index contributed by atoms with van der Waals surface area (Å²) in [5, 5.41) is 8.58. The van der Waals surface area contributed by atoms with Gasteiger partial charge in [-0.2, -0.15) is 0 Å². The lowest BCUT2D eigenvalue weighted by atomic mass is 10.1. The van der Waals surface area contributed by atoms with Crippen LogP contribution in [-0.4, -0.2) is 35.9 Å². The van der Waals surface area contributed by atoms with Crippen LogP contribution < -0.4 is 9.64 Å². The second-order valence-corrected chi connectivity index (χ2v) is 6.14. The summed E-state index contributed by atoms with van der Waals surface area (Å²) in [7, 11) is 0. The molecule has 0 bridgehead atoms. The van der Waals surface area contributed by atoms with Crippen LogP contribution in [0.5, 0.6) is 5.75 Å². The molecule has 27 heavy (non-hydrogen) atoms. The van der Waals surface area contributed by atoms with E-state index in [2.05, 4.69) is 0 Å². The van der Waals surface area contributed by atoms with Crippen LogP contribution >= 0.6 is 0 Å². The first kappa shape index (κ1) is 18.4. The Hall–Kier alpha value is -3.41. The van der Waals surface area contributed by atoms with E-state index in [1.54, 1.807) is 59.5 Å². The van der Waals surface area contributed by atoms with Crippen molar-refractivity contribution in [2.24, 2.45) is 0 Å². The summed E-state index contributed by atoms with van der Waals surface area (Å²) in [4.78, 5) is 36.3. The molecule has 138 valence electrons. The lowest BCUT2D eigenvalue weighted by molar-refractivity contribution is -0.139. The van der Waals surface area contributed by atoms with E-state index in [9.17, 15) is 14.4 Å². The van der Waals surface area contributed by atoms with Crippen molar-refractivity contribution < 1.29 is 24.2 Å². The molecule has 0 radical (unpaired) electrons. The lowest BCUT2D eigenvalue weighted by Gasteiger charge is -2.15. The Kier molecular flexibility index (Phi) is 5.66. The molecule has 6 nitrogen and oxygen atoms in total. The van der Waals surface area contributed by atoms with E-state index in [1.807, 2.05) is 0 Å². The number of hydrogen-bond donors (Lipinski definition) is 1. The quantitative estimate of drug-likeness (QED) is 0.602. The van der Waals surface area contributed by atoms with Gasteiger partial charge in [0.05, 0.1) is 0 Å². The van der Waals surface area contributed by atoms with Crippen molar-refractivity contribution in [3.05, 3.63) is 65.7 Å². The van der Waals surface area contributed by atoms with Crippen molar-refractivity contribution in [3.63, 3.8) is 0 Å². The third kappa shape index (κ3) is 4.82. The Labute approximate surface area is 156 Å². The third-order valence-electron chi connectivity index (χ3n) is 4.21. The highest BCUT2D eigenvalue weighted by molar-refractivity contribution is 6.07. The fourth-order valence-electron chi connectivity index (χ4n) is 2.82. The SMILES string of the molecule is O=C(O)COc1ccc(C=CC(=O)c2ccc(N3CCCC3=O)cc2)cc1. The average molecular weight is 365 g/mol. The van der Waals surface area contributed by atoms with Crippen LogP contribution in [0.4, 0.5) is 5.69 Å². The fraction of sp³-hybridized carbons (Fsp3) is 0.190. The fourth-order valence-corrected chi connectivity index (χ4v) is 2.82. The number of ether oxygens (including phenoxy) is 1. The van der Waals surface area contributed by atoms with Gasteiger partial charge < -0.3 is 14.7 Å². The number of amides is 1. The first-order valence-corrected chi connectivity index (χ1v) is 8.60. The number of benzene rings is 2. The number of anilines is 1. The summed E-state index contributed by atoms with van der Waals surface area (Å²) in [5.74, 6) is -0.608. The number of carbonyl (C=O) groups excluding carboxylic acids is 2. The molecule has 0 aromatic heterocycles. The number of carbonyl (C=O) groups is 3. The molecule has 2 aromatic rings. The summed E-state index contributed by atoms with van der Waals surface area (Å²) in [6, 6.07) is 13.8. The van der Waals surface area contributed by atoms with Crippen molar-refractivity contribution in [1.29, 1.82) is 0 Å². The van der Waals surface area contributed by atoms with Gasteiger partial charge in [-0.1, -0.05) is 18.2 Å². The number of rotatable bonds is 7. The molecule has 3 rings (SSSR count). The van der Waals surface area contributed by atoms with Gasteiger partial charge in [-0.05, 0) is 54.5 Å². The van der Waals surface area contributed by atoms with Crippen LogP contribution in [0.25, 0.3) is 6.08 Å². The standard InChI is InChI=1S/C21H19NO5/c23-19(12-5-15-3-10-18(11-4-15)27-14-21(25)26)16-6-8-17(9-7-16)22-13-1-2-20(22)24/h3-12H,1-2,13-14H2,(H,25,26). The second kappa shape index (κ2) is 8.31. The number of hydrogen-bond acceptors (Lipinski definition) is 4.